The zero-order chi connectivity index (χ0) is 9.73. The third-order valence-corrected chi connectivity index (χ3v) is 4.56. The molecule has 0 radical (unpaired) electrons. The van der Waals surface area contributed by atoms with Gasteiger partial charge in [-0.25, -0.2) is 0 Å². The van der Waals surface area contributed by atoms with Gasteiger partial charge in [-0.1, -0.05) is 22.9 Å². The fourth-order valence-corrected chi connectivity index (χ4v) is 2.93. The fraction of sp³-hybridized carbons (Fsp3) is 1.00. The number of hydrogen-bond donors (Lipinski definition) is 0. The van der Waals surface area contributed by atoms with E-state index in [0.29, 0.717) is 6.61 Å². The van der Waals surface area contributed by atoms with Gasteiger partial charge in [-0.15, -0.1) is 0 Å². The van der Waals surface area contributed by atoms with E-state index in [1.54, 1.807) is 0 Å². The van der Waals surface area contributed by atoms with Gasteiger partial charge >= 0.3 is 8.60 Å². The molecule has 1 aliphatic heterocycles. The molecule has 78 valence electrons. The zero-order valence-electron chi connectivity index (χ0n) is 8.09. The highest BCUT2D eigenvalue weighted by atomic mass is 79.9. The van der Waals surface area contributed by atoms with E-state index in [1.807, 2.05) is 6.92 Å². The van der Waals surface area contributed by atoms with Gasteiger partial charge in [0.15, 0.2) is 0 Å². The molecule has 0 atom stereocenters. The fourth-order valence-electron chi connectivity index (χ4n) is 1.01. The van der Waals surface area contributed by atoms with Crippen LogP contribution in [0, 0.1) is 5.41 Å². The van der Waals surface area contributed by atoms with Crippen LogP contribution in [0.4, 0.5) is 0 Å². The third-order valence-electron chi connectivity index (χ3n) is 2.22. The molecule has 1 rings (SSSR count). The third kappa shape index (κ3) is 3.14. The molecule has 0 N–H and O–H groups in total. The van der Waals surface area contributed by atoms with Gasteiger partial charge in [0.05, 0.1) is 19.8 Å². The lowest BCUT2D eigenvalue weighted by molar-refractivity contribution is 0.0198. The summed E-state index contributed by atoms with van der Waals surface area (Å²) in [5.41, 5.74) is 0.149. The SMILES string of the molecule is CCOP1OCC(CC)(CBr)CO1. The lowest BCUT2D eigenvalue weighted by atomic mass is 9.90. The van der Waals surface area contributed by atoms with Gasteiger partial charge in [0.1, 0.15) is 0 Å². The van der Waals surface area contributed by atoms with Crippen LogP contribution in [0.2, 0.25) is 0 Å². The molecule has 13 heavy (non-hydrogen) atoms. The van der Waals surface area contributed by atoms with Crippen molar-refractivity contribution in [1.82, 2.24) is 0 Å². The minimum Gasteiger partial charge on any atom is -0.313 e. The van der Waals surface area contributed by atoms with Crippen molar-refractivity contribution in [2.75, 3.05) is 25.2 Å². The van der Waals surface area contributed by atoms with Gasteiger partial charge in [0, 0.05) is 10.7 Å². The van der Waals surface area contributed by atoms with Gasteiger partial charge < -0.3 is 13.6 Å². The molecule has 0 unspecified atom stereocenters. The lowest BCUT2D eigenvalue weighted by Gasteiger charge is -2.36. The van der Waals surface area contributed by atoms with Crippen LogP contribution in [0.5, 0.6) is 0 Å². The van der Waals surface area contributed by atoms with Gasteiger partial charge in [-0.2, -0.15) is 0 Å². The molecule has 1 aliphatic rings. The van der Waals surface area contributed by atoms with E-state index >= 15 is 0 Å². The Balaban J connectivity index is 2.36. The summed E-state index contributed by atoms with van der Waals surface area (Å²) in [5.74, 6) is 0. The number of rotatable bonds is 4. The molecule has 1 fully saturated rings. The Hall–Kier alpha value is 0.790. The zero-order valence-corrected chi connectivity index (χ0v) is 10.6. The van der Waals surface area contributed by atoms with Crippen molar-refractivity contribution in [2.24, 2.45) is 5.41 Å². The molecule has 0 aliphatic carbocycles. The summed E-state index contributed by atoms with van der Waals surface area (Å²) < 4.78 is 16.3. The standard InChI is InChI=1S/C8H16BrO3P/c1-3-8(5-9)6-11-13(10-4-2)12-7-8/h3-7H2,1-2H3. The molecular formula is C8H16BrO3P. The number of halogens is 1. The number of hydrogen-bond acceptors (Lipinski definition) is 3. The van der Waals surface area contributed by atoms with Crippen LogP contribution in [0.25, 0.3) is 0 Å². The first-order valence-corrected chi connectivity index (χ1v) is 6.73. The monoisotopic (exact) mass is 270 g/mol. The first-order valence-electron chi connectivity index (χ1n) is 4.51. The van der Waals surface area contributed by atoms with E-state index in [2.05, 4.69) is 22.9 Å². The molecule has 0 aromatic carbocycles. The molecule has 1 heterocycles. The molecule has 3 nitrogen and oxygen atoms in total. The second-order valence-corrected chi connectivity index (χ2v) is 4.96. The van der Waals surface area contributed by atoms with Crippen LogP contribution in [0.15, 0.2) is 0 Å². The van der Waals surface area contributed by atoms with E-state index in [9.17, 15) is 0 Å². The predicted octanol–water partition coefficient (Wildman–Crippen LogP) is 3.09. The highest BCUT2D eigenvalue weighted by Gasteiger charge is 2.35. The maximum atomic E-state index is 5.51. The van der Waals surface area contributed by atoms with Gasteiger partial charge in [0.2, 0.25) is 0 Å². The summed E-state index contributed by atoms with van der Waals surface area (Å²) in [5, 5.41) is 0.922. The Morgan fingerprint density at radius 1 is 1.38 bits per heavy atom. The van der Waals surface area contributed by atoms with Crippen molar-refractivity contribution in [1.29, 1.82) is 0 Å². The molecular weight excluding hydrogens is 255 g/mol. The van der Waals surface area contributed by atoms with Crippen molar-refractivity contribution in [2.45, 2.75) is 20.3 Å². The molecule has 0 aromatic rings. The molecule has 0 saturated carbocycles. The summed E-state index contributed by atoms with van der Waals surface area (Å²) in [7, 11) is -1.06. The first kappa shape index (κ1) is 11.9. The Morgan fingerprint density at radius 3 is 2.38 bits per heavy atom. The van der Waals surface area contributed by atoms with Gasteiger partial charge in [0.25, 0.3) is 0 Å². The quantitative estimate of drug-likeness (QED) is 0.581. The normalized spacial score (nSPS) is 34.8. The van der Waals surface area contributed by atoms with Crippen LogP contribution in [0.3, 0.4) is 0 Å². The maximum absolute atomic E-state index is 5.51. The Morgan fingerprint density at radius 2 is 2.00 bits per heavy atom. The molecule has 5 heteroatoms. The smallest absolute Gasteiger partial charge is 0.313 e. The van der Waals surface area contributed by atoms with Crippen LogP contribution in [-0.2, 0) is 13.6 Å². The second-order valence-electron chi connectivity index (χ2n) is 3.18. The van der Waals surface area contributed by atoms with Crippen molar-refractivity contribution in [3.05, 3.63) is 0 Å². The van der Waals surface area contributed by atoms with Crippen LogP contribution >= 0.6 is 24.5 Å². The van der Waals surface area contributed by atoms with Crippen molar-refractivity contribution in [3.63, 3.8) is 0 Å². The average molecular weight is 271 g/mol. The molecule has 1 saturated heterocycles. The Kier molecular flexibility index (Phi) is 5.13. The average Bonchev–Trinajstić information content (AvgIpc) is 2.20. The highest BCUT2D eigenvalue weighted by molar-refractivity contribution is 9.09. The van der Waals surface area contributed by atoms with Gasteiger partial charge in [-0.05, 0) is 13.3 Å². The van der Waals surface area contributed by atoms with E-state index in [0.717, 1.165) is 25.0 Å². The second kappa shape index (κ2) is 5.62. The van der Waals surface area contributed by atoms with Crippen LogP contribution < -0.4 is 0 Å². The minimum absolute atomic E-state index is 0.149. The minimum atomic E-state index is -1.06. The van der Waals surface area contributed by atoms with E-state index in [4.69, 9.17) is 13.6 Å². The van der Waals surface area contributed by atoms with E-state index in [1.165, 1.54) is 0 Å². The predicted molar refractivity (Wildman–Crippen MR) is 57.0 cm³/mol. The van der Waals surface area contributed by atoms with E-state index < -0.39 is 8.60 Å². The first-order chi connectivity index (χ1) is 6.26. The topological polar surface area (TPSA) is 27.7 Å². The molecule has 0 aromatic heterocycles. The molecule has 0 bridgehead atoms. The Labute approximate surface area is 89.3 Å². The maximum Gasteiger partial charge on any atom is 0.332 e. The summed E-state index contributed by atoms with van der Waals surface area (Å²) >= 11 is 3.49. The van der Waals surface area contributed by atoms with Crippen molar-refractivity contribution >= 4 is 24.5 Å². The summed E-state index contributed by atoms with van der Waals surface area (Å²) in [6, 6.07) is 0. The summed E-state index contributed by atoms with van der Waals surface area (Å²) in [6.07, 6.45) is 1.06. The molecule has 0 amide bonds. The summed E-state index contributed by atoms with van der Waals surface area (Å²) in [6.45, 7) is 6.23. The van der Waals surface area contributed by atoms with Gasteiger partial charge in [-0.3, -0.25) is 0 Å². The van der Waals surface area contributed by atoms with Crippen molar-refractivity contribution in [3.8, 4) is 0 Å². The Bertz CT molecular complexity index is 142. The molecule has 0 spiro atoms. The summed E-state index contributed by atoms with van der Waals surface area (Å²) in [4.78, 5) is 0. The van der Waals surface area contributed by atoms with Crippen molar-refractivity contribution < 1.29 is 13.6 Å². The van der Waals surface area contributed by atoms with Crippen LogP contribution in [0.1, 0.15) is 20.3 Å². The lowest BCUT2D eigenvalue weighted by Crippen LogP contribution is -2.35. The largest absolute Gasteiger partial charge is 0.332 e. The van der Waals surface area contributed by atoms with Crippen LogP contribution in [-0.4, -0.2) is 25.2 Å². The van der Waals surface area contributed by atoms with E-state index in [-0.39, 0.29) is 5.41 Å². The highest BCUT2D eigenvalue weighted by Crippen LogP contribution is 2.48. The number of alkyl halides is 1.